The van der Waals surface area contributed by atoms with Crippen LogP contribution in [0.4, 0.5) is 5.82 Å². The summed E-state index contributed by atoms with van der Waals surface area (Å²) in [6.07, 6.45) is 2.30. The number of rotatable bonds is 7. The van der Waals surface area contributed by atoms with Crippen molar-refractivity contribution in [3.63, 3.8) is 0 Å². The summed E-state index contributed by atoms with van der Waals surface area (Å²) in [6, 6.07) is 3.16. The third-order valence-corrected chi connectivity index (χ3v) is 5.24. The minimum absolute atomic E-state index is 0.114. The molecular formula is C13H23N3O3S. The van der Waals surface area contributed by atoms with E-state index in [2.05, 4.69) is 10.3 Å². The average Bonchev–Trinajstić information content (AvgIpc) is 2.44. The Labute approximate surface area is 120 Å². The molecule has 0 aliphatic carbocycles. The highest BCUT2D eigenvalue weighted by Crippen LogP contribution is 2.22. The van der Waals surface area contributed by atoms with E-state index in [9.17, 15) is 13.5 Å². The monoisotopic (exact) mass is 301 g/mol. The number of aromatic nitrogens is 1. The molecule has 0 saturated carbocycles. The van der Waals surface area contributed by atoms with E-state index >= 15 is 0 Å². The van der Waals surface area contributed by atoms with E-state index in [1.807, 2.05) is 6.92 Å². The molecule has 0 unspecified atom stereocenters. The Morgan fingerprint density at radius 1 is 1.40 bits per heavy atom. The highest BCUT2D eigenvalue weighted by Gasteiger charge is 2.33. The molecule has 0 bridgehead atoms. The van der Waals surface area contributed by atoms with E-state index in [-0.39, 0.29) is 11.5 Å². The van der Waals surface area contributed by atoms with Crippen molar-refractivity contribution in [3.05, 3.63) is 18.3 Å². The van der Waals surface area contributed by atoms with Crippen LogP contribution in [0.15, 0.2) is 23.2 Å². The summed E-state index contributed by atoms with van der Waals surface area (Å²) in [6.45, 7) is 5.89. The fraction of sp³-hybridized carbons (Fsp3) is 0.615. The first-order valence-corrected chi connectivity index (χ1v) is 7.99. The fourth-order valence-corrected chi connectivity index (χ4v) is 2.92. The number of hydrogen-bond acceptors (Lipinski definition) is 5. The third-order valence-electron chi connectivity index (χ3n) is 3.19. The number of hydrogen-bond donors (Lipinski definition) is 2. The maximum absolute atomic E-state index is 12.4. The molecule has 0 amide bonds. The lowest BCUT2D eigenvalue weighted by Crippen LogP contribution is -2.47. The molecule has 1 aromatic rings. The van der Waals surface area contributed by atoms with Gasteiger partial charge in [-0.2, -0.15) is 4.31 Å². The Morgan fingerprint density at radius 3 is 2.50 bits per heavy atom. The van der Waals surface area contributed by atoms with Crippen molar-refractivity contribution in [2.24, 2.45) is 0 Å². The van der Waals surface area contributed by atoms with Gasteiger partial charge in [0.05, 0.1) is 12.1 Å². The van der Waals surface area contributed by atoms with Gasteiger partial charge in [0.25, 0.3) is 0 Å². The smallest absolute Gasteiger partial charge is 0.244 e. The van der Waals surface area contributed by atoms with Crippen LogP contribution in [0.1, 0.15) is 27.2 Å². The standard InChI is InChI=1S/C13H23N3O3S/c1-5-8-14-12-7-6-11(9-15-12)20(18,19)16(4)13(2,3)10-17/h6-7,9,17H,5,8,10H2,1-4H3,(H,14,15). The molecule has 20 heavy (non-hydrogen) atoms. The Balaban J connectivity index is 2.99. The highest BCUT2D eigenvalue weighted by atomic mass is 32.2. The zero-order valence-corrected chi connectivity index (χ0v) is 13.2. The topological polar surface area (TPSA) is 82.5 Å². The van der Waals surface area contributed by atoms with Gasteiger partial charge in [0.15, 0.2) is 0 Å². The molecule has 0 aromatic carbocycles. The largest absolute Gasteiger partial charge is 0.394 e. The number of nitrogens with one attached hydrogen (secondary N) is 1. The molecule has 6 nitrogen and oxygen atoms in total. The number of sulfonamides is 1. The lowest BCUT2D eigenvalue weighted by Gasteiger charge is -2.32. The van der Waals surface area contributed by atoms with E-state index in [0.717, 1.165) is 17.3 Å². The predicted molar refractivity (Wildman–Crippen MR) is 79.1 cm³/mol. The number of pyridine rings is 1. The lowest BCUT2D eigenvalue weighted by atomic mass is 10.1. The van der Waals surface area contributed by atoms with Crippen LogP contribution in [-0.4, -0.2) is 48.6 Å². The second kappa shape index (κ2) is 6.51. The van der Waals surface area contributed by atoms with Crippen molar-refractivity contribution in [2.75, 3.05) is 25.5 Å². The molecule has 1 heterocycles. The summed E-state index contributed by atoms with van der Waals surface area (Å²) in [7, 11) is -2.21. The molecule has 0 fully saturated rings. The maximum atomic E-state index is 12.4. The van der Waals surface area contributed by atoms with Gasteiger partial charge in [-0.05, 0) is 32.4 Å². The summed E-state index contributed by atoms with van der Waals surface area (Å²) in [5.41, 5.74) is -0.863. The predicted octanol–water partition coefficient (Wildman–Crippen LogP) is 1.29. The van der Waals surface area contributed by atoms with Crippen LogP contribution in [-0.2, 0) is 10.0 Å². The number of anilines is 1. The van der Waals surface area contributed by atoms with Crippen LogP contribution in [0.2, 0.25) is 0 Å². The minimum atomic E-state index is -3.66. The molecule has 2 N–H and O–H groups in total. The lowest BCUT2D eigenvalue weighted by molar-refractivity contribution is 0.138. The SMILES string of the molecule is CCCNc1ccc(S(=O)(=O)N(C)C(C)(C)CO)cn1. The minimum Gasteiger partial charge on any atom is -0.394 e. The fourth-order valence-electron chi connectivity index (χ4n) is 1.47. The molecule has 0 aliphatic rings. The summed E-state index contributed by atoms with van der Waals surface area (Å²) in [5.74, 6) is 0.648. The van der Waals surface area contributed by atoms with Crippen molar-refractivity contribution in [1.82, 2.24) is 9.29 Å². The molecule has 0 aliphatic heterocycles. The van der Waals surface area contributed by atoms with E-state index in [1.54, 1.807) is 19.9 Å². The molecule has 0 spiro atoms. The Hall–Kier alpha value is -1.18. The number of aliphatic hydroxyl groups excluding tert-OH is 1. The van der Waals surface area contributed by atoms with Crippen LogP contribution in [0.5, 0.6) is 0 Å². The van der Waals surface area contributed by atoms with Gasteiger partial charge in [0, 0.05) is 19.8 Å². The first kappa shape index (κ1) is 16.9. The van der Waals surface area contributed by atoms with Gasteiger partial charge >= 0.3 is 0 Å². The van der Waals surface area contributed by atoms with E-state index in [4.69, 9.17) is 0 Å². The molecule has 0 radical (unpaired) electrons. The Kier molecular flexibility index (Phi) is 5.50. The Morgan fingerprint density at radius 2 is 2.05 bits per heavy atom. The van der Waals surface area contributed by atoms with Crippen LogP contribution in [0, 0.1) is 0 Å². The van der Waals surface area contributed by atoms with E-state index in [1.165, 1.54) is 19.3 Å². The normalized spacial score (nSPS) is 12.7. The molecule has 0 atom stereocenters. The maximum Gasteiger partial charge on any atom is 0.244 e. The van der Waals surface area contributed by atoms with Crippen LogP contribution >= 0.6 is 0 Å². The van der Waals surface area contributed by atoms with Crippen molar-refractivity contribution >= 4 is 15.8 Å². The number of aliphatic hydroxyl groups is 1. The van der Waals surface area contributed by atoms with Gasteiger partial charge < -0.3 is 10.4 Å². The number of likely N-dealkylation sites (N-methyl/N-ethyl adjacent to an activating group) is 1. The van der Waals surface area contributed by atoms with Gasteiger partial charge in [-0.25, -0.2) is 13.4 Å². The molecular weight excluding hydrogens is 278 g/mol. The zero-order valence-electron chi connectivity index (χ0n) is 12.4. The van der Waals surface area contributed by atoms with Crippen molar-refractivity contribution in [2.45, 2.75) is 37.6 Å². The van der Waals surface area contributed by atoms with Gasteiger partial charge in [0.1, 0.15) is 10.7 Å². The van der Waals surface area contributed by atoms with Gasteiger partial charge in [-0.15, -0.1) is 0 Å². The van der Waals surface area contributed by atoms with Gasteiger partial charge in [-0.1, -0.05) is 6.92 Å². The van der Waals surface area contributed by atoms with Gasteiger partial charge in [0.2, 0.25) is 10.0 Å². The molecule has 0 saturated heterocycles. The average molecular weight is 301 g/mol. The third kappa shape index (κ3) is 3.68. The highest BCUT2D eigenvalue weighted by molar-refractivity contribution is 7.89. The van der Waals surface area contributed by atoms with Crippen molar-refractivity contribution in [3.8, 4) is 0 Å². The number of nitrogens with zero attached hydrogens (tertiary/aromatic N) is 2. The zero-order chi connectivity index (χ0) is 15.4. The summed E-state index contributed by atoms with van der Waals surface area (Å²) in [4.78, 5) is 4.21. The van der Waals surface area contributed by atoms with Crippen molar-refractivity contribution in [1.29, 1.82) is 0 Å². The van der Waals surface area contributed by atoms with Crippen LogP contribution < -0.4 is 5.32 Å². The van der Waals surface area contributed by atoms with Crippen LogP contribution in [0.3, 0.4) is 0 Å². The van der Waals surface area contributed by atoms with Crippen LogP contribution in [0.25, 0.3) is 0 Å². The Bertz CT molecular complexity index is 526. The van der Waals surface area contributed by atoms with Gasteiger partial charge in [-0.3, -0.25) is 0 Å². The molecule has 114 valence electrons. The molecule has 7 heteroatoms. The summed E-state index contributed by atoms with van der Waals surface area (Å²) < 4.78 is 26.0. The molecule has 1 rings (SSSR count). The second-order valence-corrected chi connectivity index (χ2v) is 7.22. The first-order chi connectivity index (χ1) is 9.25. The first-order valence-electron chi connectivity index (χ1n) is 6.55. The molecule has 1 aromatic heterocycles. The second-order valence-electron chi connectivity index (χ2n) is 5.25. The quantitative estimate of drug-likeness (QED) is 0.793. The summed E-state index contributed by atoms with van der Waals surface area (Å²) in [5, 5.41) is 12.4. The summed E-state index contributed by atoms with van der Waals surface area (Å²) >= 11 is 0. The van der Waals surface area contributed by atoms with E-state index in [0.29, 0.717) is 5.82 Å². The van der Waals surface area contributed by atoms with Crippen molar-refractivity contribution < 1.29 is 13.5 Å². The van der Waals surface area contributed by atoms with E-state index < -0.39 is 15.6 Å².